The third-order valence-corrected chi connectivity index (χ3v) is 12.6. The van der Waals surface area contributed by atoms with Crippen LogP contribution in [0.5, 0.6) is 0 Å². The van der Waals surface area contributed by atoms with E-state index in [0.29, 0.717) is 39.3 Å². The quantitative estimate of drug-likeness (QED) is 0.0346. The Kier molecular flexibility index (Phi) is 67.0. The summed E-state index contributed by atoms with van der Waals surface area (Å²) in [4.78, 5) is 209. The zero-order valence-corrected chi connectivity index (χ0v) is 69.8. The summed E-state index contributed by atoms with van der Waals surface area (Å²) in [7, 11) is 27.1. The minimum atomic E-state index is -1.01. The molecule has 0 aromatic rings. The van der Waals surface area contributed by atoms with Crippen LogP contribution in [-0.4, -0.2) is 377 Å². The van der Waals surface area contributed by atoms with Crippen molar-refractivity contribution in [3.63, 3.8) is 0 Å². The first-order valence-corrected chi connectivity index (χ1v) is 32.0. The van der Waals surface area contributed by atoms with Gasteiger partial charge in [0.25, 0.3) is 53.2 Å². The zero-order valence-electron chi connectivity index (χ0n) is 66.4. The van der Waals surface area contributed by atoms with Gasteiger partial charge in [-0.3, -0.25) is 86.3 Å². The molecule has 0 unspecified atom stereocenters. The van der Waals surface area contributed by atoms with Gasteiger partial charge in [0.15, 0.2) is 51.8 Å². The van der Waals surface area contributed by atoms with Crippen LogP contribution in [0.15, 0.2) is 107 Å². The van der Waals surface area contributed by atoms with Crippen LogP contribution in [0.4, 0.5) is 0 Å². The molecule has 0 aromatic heterocycles. The Morgan fingerprint density at radius 1 is 0.211 bits per heavy atom. The van der Waals surface area contributed by atoms with Crippen LogP contribution in [0.3, 0.4) is 0 Å². The Morgan fingerprint density at radius 2 is 0.325 bits per heavy atom. The monoisotopic (exact) mass is 1750 g/mol. The Labute approximate surface area is 690 Å². The molecular weight excluding hydrogens is 1640 g/mol. The van der Waals surface area contributed by atoms with Gasteiger partial charge >= 0.3 is 0 Å². The van der Waals surface area contributed by atoms with Crippen LogP contribution in [-0.2, 0) is 138 Å². The summed E-state index contributed by atoms with van der Waals surface area (Å²) in [6, 6.07) is 0. The molecule has 21 N–H and O–H groups in total. The Hall–Kier alpha value is -12.1. The van der Waals surface area contributed by atoms with E-state index in [1.54, 1.807) is 14.7 Å². The van der Waals surface area contributed by atoms with Gasteiger partial charge in [-0.25, -0.2) is 0 Å². The maximum absolute atomic E-state index is 11.2. The van der Waals surface area contributed by atoms with Gasteiger partial charge in [0, 0.05) is 217 Å². The fourth-order valence-electron chi connectivity index (χ4n) is 6.21. The van der Waals surface area contributed by atoms with Crippen LogP contribution < -0.4 is 34.4 Å². The molecule has 0 atom stereocenters. The molecular formula is C66H108Fe3N18O27. The van der Waals surface area contributed by atoms with Crippen molar-refractivity contribution in [1.82, 2.24) is 58.8 Å². The summed E-state index contributed by atoms with van der Waals surface area (Å²) in [5, 5.41) is 80.1. The minimum absolute atomic E-state index is 0. The number of nitrogens with two attached hydrogens (primary N) is 6. The van der Waals surface area contributed by atoms with E-state index < -0.39 is 140 Å². The molecule has 3 aliphatic rings. The van der Waals surface area contributed by atoms with Crippen molar-refractivity contribution in [3.05, 3.63) is 107 Å². The number of carbonyl (C=O) groups excluding carboxylic acids is 18. The largest absolute Gasteiger partial charge is 0.503 e. The van der Waals surface area contributed by atoms with Crippen molar-refractivity contribution < 1.29 is 183 Å². The Bertz CT molecular complexity index is 3220. The molecule has 648 valence electrons. The summed E-state index contributed by atoms with van der Waals surface area (Å²) in [6.45, 7) is 4.09. The first-order valence-electron chi connectivity index (χ1n) is 32.0. The predicted octanol–water partition coefficient (Wildman–Crippen LogP) is -5.58. The molecule has 3 aliphatic heterocycles. The number of likely N-dealkylation sites (N-methyl/N-ethyl adjacent to an activating group) is 9. The Morgan fingerprint density at radius 3 is 0.430 bits per heavy atom. The number of hydrogen-bond acceptors (Lipinski definition) is 27. The molecule has 0 spiro atoms. The fraction of sp³-hybridized carbons (Fsp3) is 0.455. The smallest absolute Gasteiger partial charge is 0.288 e. The second-order valence-corrected chi connectivity index (χ2v) is 24.0. The number of rotatable bonds is 18. The van der Waals surface area contributed by atoms with Crippen molar-refractivity contribution in [2.45, 2.75) is 38.5 Å². The zero-order chi connectivity index (χ0) is 88.4. The van der Waals surface area contributed by atoms with Crippen molar-refractivity contribution in [2.24, 2.45) is 34.4 Å². The second kappa shape index (κ2) is 63.5. The molecule has 3 rings (SSSR count). The molecule has 3 saturated heterocycles. The third-order valence-electron chi connectivity index (χ3n) is 12.6. The molecule has 3 heterocycles. The summed E-state index contributed by atoms with van der Waals surface area (Å²) in [6.07, 6.45) is 13.4. The van der Waals surface area contributed by atoms with Crippen molar-refractivity contribution in [2.75, 3.05) is 166 Å². The molecule has 45 nitrogen and oxygen atoms in total. The summed E-state index contributed by atoms with van der Waals surface area (Å²) in [5.41, 5.74) is 28.2. The van der Waals surface area contributed by atoms with Gasteiger partial charge in [-0.05, 0) is 38.5 Å². The molecule has 0 aromatic carbocycles. The van der Waals surface area contributed by atoms with E-state index in [2.05, 4.69) is 17.2 Å². The predicted molar refractivity (Wildman–Crippen MR) is 397 cm³/mol. The van der Waals surface area contributed by atoms with E-state index in [-0.39, 0.29) is 68.9 Å². The average molecular weight is 1750 g/mol. The number of carbonyl (C=O) groups is 18. The SMILES string of the molecule is CN(C)C(=O)C=C(O)C(=O)N(C)C.CN(C)C(=O)C=C(O)C(=O)N(C)C.CN(C)C(=O)C=C(O)C(=O)N(C)C.CN(C)C(=O)C=C(O)C(N)=O.CN(C)C(=O)C=C(O)C(N)=O.CN(C)C(=O)C=C(O)C(N)=O.NC(=O)C(O)=CC(=O)N1CCCC1.NC(=O)C(O)=CC(=O)N1CCCC1.NC(=O)C(O)=CC(=O)N1CCCC1.[Fe].[Fe].[Fe]. The van der Waals surface area contributed by atoms with Crippen LogP contribution in [0, 0.1) is 0 Å². The molecule has 48 heteroatoms. The second-order valence-electron chi connectivity index (χ2n) is 24.0. The van der Waals surface area contributed by atoms with Gasteiger partial charge in [0.05, 0.1) is 54.7 Å². The molecule has 0 radical (unpaired) electrons. The number of likely N-dealkylation sites (tertiary alicyclic amines) is 3. The number of hydrogen-bond donors (Lipinski definition) is 15. The van der Waals surface area contributed by atoms with E-state index in [1.165, 1.54) is 171 Å². The van der Waals surface area contributed by atoms with E-state index >= 15 is 0 Å². The topological polar surface area (TPSA) is 684 Å². The van der Waals surface area contributed by atoms with E-state index in [1.807, 2.05) is 0 Å². The summed E-state index contributed by atoms with van der Waals surface area (Å²) >= 11 is 0. The van der Waals surface area contributed by atoms with Crippen molar-refractivity contribution in [3.8, 4) is 0 Å². The normalized spacial score (nSPS) is 12.9. The van der Waals surface area contributed by atoms with Gasteiger partial charge < -0.3 is 139 Å². The van der Waals surface area contributed by atoms with E-state index in [4.69, 9.17) is 63.2 Å². The van der Waals surface area contributed by atoms with Gasteiger partial charge in [0.2, 0.25) is 53.2 Å². The molecule has 18 amide bonds. The fourth-order valence-corrected chi connectivity index (χ4v) is 6.21. The van der Waals surface area contributed by atoms with Gasteiger partial charge in [-0.2, -0.15) is 0 Å². The number of aliphatic hydroxyl groups is 9. The van der Waals surface area contributed by atoms with Crippen molar-refractivity contribution >= 4 is 106 Å². The number of aliphatic hydroxyl groups excluding tert-OH is 9. The molecule has 0 aliphatic carbocycles. The maximum Gasteiger partial charge on any atom is 0.288 e. The average Bonchev–Trinajstić information content (AvgIpc) is 1.75. The number of amides is 18. The molecule has 0 saturated carbocycles. The van der Waals surface area contributed by atoms with Crippen LogP contribution in [0.2, 0.25) is 0 Å². The molecule has 0 bridgehead atoms. The third kappa shape index (κ3) is 58.8. The summed E-state index contributed by atoms with van der Waals surface area (Å²) < 4.78 is 0. The first-order chi connectivity index (χ1) is 50.7. The minimum Gasteiger partial charge on any atom is -0.503 e. The van der Waals surface area contributed by atoms with Crippen LogP contribution in [0.1, 0.15) is 38.5 Å². The van der Waals surface area contributed by atoms with E-state index in [9.17, 15) is 86.3 Å². The Balaban J connectivity index is -0.000000155. The standard InChI is InChI=1S/3C8H12N2O3.3C8H14N2O3.3C6H10N2O3.3Fe/c3*9-8(13)6(11)5-7(12)10-3-1-2-4-10;3*1-9(2)7(12)5-6(11)8(13)10(3)4;3*1-8(2)5(10)3-4(9)6(7)11;;;/h3*5,11H,1-4H2,(H2,9,13);3*5,11H,1-4H3;3*3,9H,1-2H3,(H2,7,11);;;. The van der Waals surface area contributed by atoms with Crippen molar-refractivity contribution in [1.29, 1.82) is 0 Å². The van der Waals surface area contributed by atoms with Gasteiger partial charge in [-0.1, -0.05) is 0 Å². The molecule has 114 heavy (non-hydrogen) atoms. The summed E-state index contributed by atoms with van der Waals surface area (Å²) in [5.74, 6) is -17.4. The van der Waals surface area contributed by atoms with Gasteiger partial charge in [0.1, 0.15) is 0 Å². The maximum atomic E-state index is 11.2. The first kappa shape index (κ1) is 120. The van der Waals surface area contributed by atoms with Crippen LogP contribution in [0.25, 0.3) is 0 Å². The number of nitrogens with zero attached hydrogens (tertiary/aromatic N) is 12. The van der Waals surface area contributed by atoms with Crippen LogP contribution >= 0.6 is 0 Å². The van der Waals surface area contributed by atoms with Gasteiger partial charge in [-0.15, -0.1) is 0 Å². The number of primary amides is 6. The molecule has 3 fully saturated rings. The van der Waals surface area contributed by atoms with E-state index in [0.717, 1.165) is 93.2 Å².